The molecule has 0 atom stereocenters. The minimum absolute atomic E-state index is 0.121. The molecule has 3 heteroatoms. The maximum atomic E-state index is 8.77. The topological polar surface area (TPSA) is 23.5 Å². The molecule has 1 aromatic heterocycles. The average molecular weight is 285 g/mol. The fourth-order valence-electron chi connectivity index (χ4n) is 1.89. The third kappa shape index (κ3) is 3.86. The van der Waals surface area contributed by atoms with Gasteiger partial charge in [-0.2, -0.15) is 0 Å². The van der Waals surface area contributed by atoms with Crippen LogP contribution in [0.15, 0.2) is 35.7 Å². The lowest BCUT2D eigenvalue weighted by atomic mass is 10.2. The summed E-state index contributed by atoms with van der Waals surface area (Å²) >= 11 is 1.73. The Balaban J connectivity index is 2.08. The van der Waals surface area contributed by atoms with Gasteiger partial charge in [0.1, 0.15) is 0 Å². The van der Waals surface area contributed by atoms with Crippen molar-refractivity contribution in [2.45, 2.75) is 19.9 Å². The Morgan fingerprint density at radius 1 is 1.20 bits per heavy atom. The lowest BCUT2D eigenvalue weighted by molar-refractivity contribution is 0.305. The third-order valence-electron chi connectivity index (χ3n) is 3.06. The standard InChI is InChI=1S/C17H19NOS/c1-14-6-8-16(9-7-14)18(2)13-17-15(10-12-20-17)5-3-4-11-19/h6-10,12,19H,4,11,13H2,1-2H3. The predicted octanol–water partition coefficient (Wildman–Crippen LogP) is 3.43. The van der Waals surface area contributed by atoms with E-state index in [4.69, 9.17) is 5.11 Å². The van der Waals surface area contributed by atoms with Gasteiger partial charge in [0.2, 0.25) is 0 Å². The van der Waals surface area contributed by atoms with Crippen LogP contribution in [0.5, 0.6) is 0 Å². The van der Waals surface area contributed by atoms with Crippen LogP contribution in [0, 0.1) is 18.8 Å². The number of benzene rings is 1. The molecule has 2 rings (SSSR count). The van der Waals surface area contributed by atoms with Gasteiger partial charge in [0.25, 0.3) is 0 Å². The third-order valence-corrected chi connectivity index (χ3v) is 3.97. The summed E-state index contributed by atoms with van der Waals surface area (Å²) in [5.41, 5.74) is 3.55. The highest BCUT2D eigenvalue weighted by molar-refractivity contribution is 7.10. The van der Waals surface area contributed by atoms with E-state index in [2.05, 4.69) is 60.4 Å². The molecule has 20 heavy (non-hydrogen) atoms. The number of aryl methyl sites for hydroxylation is 1. The Bertz CT molecular complexity index is 604. The molecule has 0 unspecified atom stereocenters. The molecule has 0 bridgehead atoms. The first-order valence-electron chi connectivity index (χ1n) is 6.64. The van der Waals surface area contributed by atoms with Crippen molar-refractivity contribution in [2.75, 3.05) is 18.6 Å². The quantitative estimate of drug-likeness (QED) is 0.870. The molecule has 0 amide bonds. The number of aliphatic hydroxyl groups is 1. The van der Waals surface area contributed by atoms with Crippen molar-refractivity contribution in [3.05, 3.63) is 51.7 Å². The number of nitrogens with zero attached hydrogens (tertiary/aromatic N) is 1. The van der Waals surface area contributed by atoms with Crippen molar-refractivity contribution in [1.29, 1.82) is 0 Å². The van der Waals surface area contributed by atoms with E-state index in [1.807, 2.05) is 6.07 Å². The molecule has 0 aliphatic carbocycles. The molecule has 1 N–H and O–H groups in total. The van der Waals surface area contributed by atoms with Crippen LogP contribution in [0.1, 0.15) is 22.4 Å². The van der Waals surface area contributed by atoms with Gasteiger partial charge in [-0.25, -0.2) is 0 Å². The molecule has 0 radical (unpaired) electrons. The van der Waals surface area contributed by atoms with Crippen LogP contribution in [0.4, 0.5) is 5.69 Å². The number of hydrogen-bond acceptors (Lipinski definition) is 3. The number of hydrogen-bond donors (Lipinski definition) is 1. The molecule has 1 aromatic carbocycles. The second-order valence-electron chi connectivity index (χ2n) is 4.72. The minimum Gasteiger partial charge on any atom is -0.395 e. The predicted molar refractivity (Wildman–Crippen MR) is 86.2 cm³/mol. The Kier molecular flexibility index (Phi) is 5.23. The zero-order valence-electron chi connectivity index (χ0n) is 11.9. The van der Waals surface area contributed by atoms with E-state index >= 15 is 0 Å². The number of aliphatic hydroxyl groups excluding tert-OH is 1. The van der Waals surface area contributed by atoms with Crippen LogP contribution in [0.3, 0.4) is 0 Å². The second kappa shape index (κ2) is 7.14. The molecule has 0 saturated carbocycles. The maximum absolute atomic E-state index is 8.77. The maximum Gasteiger partial charge on any atom is 0.0540 e. The number of rotatable bonds is 4. The van der Waals surface area contributed by atoms with Gasteiger partial charge in [-0.15, -0.1) is 11.3 Å². The molecule has 2 nitrogen and oxygen atoms in total. The van der Waals surface area contributed by atoms with Gasteiger partial charge in [-0.3, -0.25) is 0 Å². The summed E-state index contributed by atoms with van der Waals surface area (Å²) in [5.74, 6) is 6.12. The van der Waals surface area contributed by atoms with Crippen LogP contribution in [-0.4, -0.2) is 18.8 Å². The van der Waals surface area contributed by atoms with Crippen LogP contribution >= 0.6 is 11.3 Å². The fraction of sp³-hybridized carbons (Fsp3) is 0.294. The smallest absolute Gasteiger partial charge is 0.0540 e. The highest BCUT2D eigenvalue weighted by Crippen LogP contribution is 2.21. The first-order valence-corrected chi connectivity index (χ1v) is 7.52. The monoisotopic (exact) mass is 285 g/mol. The Labute approximate surface area is 124 Å². The molecule has 0 aliphatic heterocycles. The normalized spacial score (nSPS) is 9.95. The minimum atomic E-state index is 0.121. The summed E-state index contributed by atoms with van der Waals surface area (Å²) in [7, 11) is 2.09. The SMILES string of the molecule is Cc1ccc(N(C)Cc2sccc2C#CCCO)cc1. The largest absolute Gasteiger partial charge is 0.395 e. The first-order chi connectivity index (χ1) is 9.70. The van der Waals surface area contributed by atoms with Gasteiger partial charge < -0.3 is 10.0 Å². The summed E-state index contributed by atoms with van der Waals surface area (Å²) in [4.78, 5) is 3.49. The van der Waals surface area contributed by atoms with Crippen molar-refractivity contribution in [1.82, 2.24) is 0 Å². The van der Waals surface area contributed by atoms with Gasteiger partial charge in [0.05, 0.1) is 13.2 Å². The Hall–Kier alpha value is -1.76. The lowest BCUT2D eigenvalue weighted by Crippen LogP contribution is -2.15. The fourth-order valence-corrected chi connectivity index (χ4v) is 2.78. The van der Waals surface area contributed by atoms with Gasteiger partial charge in [-0.1, -0.05) is 29.5 Å². The van der Waals surface area contributed by atoms with E-state index < -0.39 is 0 Å². The number of thiophene rings is 1. The Morgan fingerprint density at radius 2 is 1.95 bits per heavy atom. The van der Waals surface area contributed by atoms with Crippen molar-refractivity contribution < 1.29 is 5.11 Å². The molecular weight excluding hydrogens is 266 g/mol. The van der Waals surface area contributed by atoms with Crippen molar-refractivity contribution in [3.8, 4) is 11.8 Å². The van der Waals surface area contributed by atoms with Crippen molar-refractivity contribution in [3.63, 3.8) is 0 Å². The zero-order chi connectivity index (χ0) is 14.4. The van der Waals surface area contributed by atoms with Crippen LogP contribution in [0.2, 0.25) is 0 Å². The molecule has 104 valence electrons. The Morgan fingerprint density at radius 3 is 2.65 bits per heavy atom. The highest BCUT2D eigenvalue weighted by atomic mass is 32.1. The van der Waals surface area contributed by atoms with Crippen LogP contribution in [0.25, 0.3) is 0 Å². The van der Waals surface area contributed by atoms with Gasteiger partial charge in [-0.05, 0) is 30.5 Å². The van der Waals surface area contributed by atoms with E-state index in [1.165, 1.54) is 16.1 Å². The summed E-state index contributed by atoms with van der Waals surface area (Å²) < 4.78 is 0. The van der Waals surface area contributed by atoms with Crippen LogP contribution < -0.4 is 4.90 Å². The second-order valence-corrected chi connectivity index (χ2v) is 5.73. The lowest BCUT2D eigenvalue weighted by Gasteiger charge is -2.19. The molecular formula is C17H19NOS. The summed E-state index contributed by atoms with van der Waals surface area (Å²) in [5, 5.41) is 10.8. The van der Waals surface area contributed by atoms with Gasteiger partial charge in [0.15, 0.2) is 0 Å². The molecule has 0 spiro atoms. The van der Waals surface area contributed by atoms with E-state index in [-0.39, 0.29) is 6.61 Å². The molecule has 0 fully saturated rings. The average Bonchev–Trinajstić information content (AvgIpc) is 2.87. The van der Waals surface area contributed by atoms with E-state index in [1.54, 1.807) is 11.3 Å². The molecule has 2 aromatic rings. The first kappa shape index (κ1) is 14.6. The molecule has 1 heterocycles. The summed E-state index contributed by atoms with van der Waals surface area (Å²) in [6.45, 7) is 3.07. The molecule has 0 aliphatic rings. The molecule has 0 saturated heterocycles. The van der Waals surface area contributed by atoms with Gasteiger partial charge >= 0.3 is 0 Å². The highest BCUT2D eigenvalue weighted by Gasteiger charge is 2.06. The van der Waals surface area contributed by atoms with Gasteiger partial charge in [0, 0.05) is 29.6 Å². The van der Waals surface area contributed by atoms with Crippen molar-refractivity contribution >= 4 is 17.0 Å². The van der Waals surface area contributed by atoms with E-state index in [0.29, 0.717) is 6.42 Å². The number of anilines is 1. The zero-order valence-corrected chi connectivity index (χ0v) is 12.7. The van der Waals surface area contributed by atoms with E-state index in [9.17, 15) is 0 Å². The van der Waals surface area contributed by atoms with Crippen LogP contribution in [-0.2, 0) is 6.54 Å². The summed E-state index contributed by atoms with van der Waals surface area (Å²) in [6, 6.07) is 10.6. The van der Waals surface area contributed by atoms with Crippen molar-refractivity contribution in [2.24, 2.45) is 0 Å². The summed E-state index contributed by atoms with van der Waals surface area (Å²) in [6.07, 6.45) is 0.531. The van der Waals surface area contributed by atoms with E-state index in [0.717, 1.165) is 12.1 Å².